The van der Waals surface area contributed by atoms with Gasteiger partial charge in [-0.05, 0) is 62.4 Å². The Morgan fingerprint density at radius 2 is 1.86 bits per heavy atom. The molecule has 0 heterocycles. The summed E-state index contributed by atoms with van der Waals surface area (Å²) in [6.07, 6.45) is 9.81. The SMILES string of the molecule is CNC(CCC1CCCCC1)c1cc(C)c(OC)cc1C. The normalized spacial score (nSPS) is 17.7. The molecule has 2 rings (SSSR count). The van der Waals surface area contributed by atoms with Crippen LogP contribution >= 0.6 is 0 Å². The molecule has 118 valence electrons. The van der Waals surface area contributed by atoms with Crippen LogP contribution in [-0.2, 0) is 0 Å². The molecular formula is C19H31NO. The summed E-state index contributed by atoms with van der Waals surface area (Å²) < 4.78 is 5.43. The lowest BCUT2D eigenvalue weighted by Gasteiger charge is -2.25. The lowest BCUT2D eigenvalue weighted by molar-refractivity contribution is 0.317. The lowest BCUT2D eigenvalue weighted by atomic mass is 9.84. The highest BCUT2D eigenvalue weighted by Gasteiger charge is 2.18. The molecular weight excluding hydrogens is 258 g/mol. The van der Waals surface area contributed by atoms with Crippen molar-refractivity contribution in [3.8, 4) is 5.75 Å². The number of hydrogen-bond acceptors (Lipinski definition) is 2. The molecule has 0 aromatic heterocycles. The molecule has 1 fully saturated rings. The summed E-state index contributed by atoms with van der Waals surface area (Å²) in [6, 6.07) is 4.95. The molecule has 2 heteroatoms. The minimum atomic E-state index is 0.469. The van der Waals surface area contributed by atoms with Gasteiger partial charge in [-0.1, -0.05) is 38.2 Å². The van der Waals surface area contributed by atoms with E-state index in [-0.39, 0.29) is 0 Å². The van der Waals surface area contributed by atoms with E-state index in [2.05, 4.69) is 38.3 Å². The molecule has 2 nitrogen and oxygen atoms in total. The van der Waals surface area contributed by atoms with E-state index in [1.807, 2.05) is 0 Å². The molecule has 0 amide bonds. The van der Waals surface area contributed by atoms with Gasteiger partial charge in [0.25, 0.3) is 0 Å². The van der Waals surface area contributed by atoms with Gasteiger partial charge in [-0.25, -0.2) is 0 Å². The summed E-state index contributed by atoms with van der Waals surface area (Å²) in [5.74, 6) is 1.95. The van der Waals surface area contributed by atoms with Crippen LogP contribution in [0.25, 0.3) is 0 Å². The first kappa shape index (κ1) is 16.4. The smallest absolute Gasteiger partial charge is 0.122 e. The summed E-state index contributed by atoms with van der Waals surface area (Å²) >= 11 is 0. The van der Waals surface area contributed by atoms with Gasteiger partial charge in [0.15, 0.2) is 0 Å². The van der Waals surface area contributed by atoms with Crippen LogP contribution in [0.4, 0.5) is 0 Å². The van der Waals surface area contributed by atoms with Crippen molar-refractivity contribution >= 4 is 0 Å². The summed E-state index contributed by atoms with van der Waals surface area (Å²) in [5, 5.41) is 3.52. The van der Waals surface area contributed by atoms with Crippen molar-refractivity contribution in [1.29, 1.82) is 0 Å². The van der Waals surface area contributed by atoms with E-state index in [9.17, 15) is 0 Å². The lowest BCUT2D eigenvalue weighted by Crippen LogP contribution is -2.19. The van der Waals surface area contributed by atoms with Gasteiger partial charge in [0.05, 0.1) is 7.11 Å². The van der Waals surface area contributed by atoms with E-state index in [4.69, 9.17) is 4.74 Å². The van der Waals surface area contributed by atoms with Crippen molar-refractivity contribution in [2.24, 2.45) is 5.92 Å². The topological polar surface area (TPSA) is 21.3 Å². The van der Waals surface area contributed by atoms with Crippen LogP contribution in [0.5, 0.6) is 5.75 Å². The monoisotopic (exact) mass is 289 g/mol. The Hall–Kier alpha value is -1.02. The second kappa shape index (κ2) is 7.84. The molecule has 1 aliphatic rings. The molecule has 1 aromatic rings. The van der Waals surface area contributed by atoms with Gasteiger partial charge in [0, 0.05) is 6.04 Å². The molecule has 0 aliphatic heterocycles. The van der Waals surface area contributed by atoms with Crippen LogP contribution < -0.4 is 10.1 Å². The Balaban J connectivity index is 2.04. The van der Waals surface area contributed by atoms with Gasteiger partial charge in [-0.15, -0.1) is 0 Å². The number of ether oxygens (including phenoxy) is 1. The maximum Gasteiger partial charge on any atom is 0.122 e. The van der Waals surface area contributed by atoms with Crippen molar-refractivity contribution in [2.45, 2.75) is 64.8 Å². The number of benzene rings is 1. The molecule has 1 aromatic carbocycles. The first-order valence-electron chi connectivity index (χ1n) is 8.48. The zero-order chi connectivity index (χ0) is 15.2. The molecule has 1 atom stereocenters. The first-order chi connectivity index (χ1) is 10.2. The second-order valence-corrected chi connectivity index (χ2v) is 6.60. The third-order valence-electron chi connectivity index (χ3n) is 5.10. The van der Waals surface area contributed by atoms with Crippen molar-refractivity contribution in [3.05, 3.63) is 28.8 Å². The molecule has 1 N–H and O–H groups in total. The molecule has 21 heavy (non-hydrogen) atoms. The fraction of sp³-hybridized carbons (Fsp3) is 0.684. The minimum Gasteiger partial charge on any atom is -0.496 e. The van der Waals surface area contributed by atoms with Crippen LogP contribution in [0.3, 0.4) is 0 Å². The molecule has 0 radical (unpaired) electrons. The molecule has 0 bridgehead atoms. The number of rotatable bonds is 6. The summed E-state index contributed by atoms with van der Waals surface area (Å²) in [6.45, 7) is 4.33. The number of hydrogen-bond donors (Lipinski definition) is 1. The minimum absolute atomic E-state index is 0.469. The maximum absolute atomic E-state index is 5.43. The van der Waals surface area contributed by atoms with Crippen LogP contribution in [0, 0.1) is 19.8 Å². The zero-order valence-electron chi connectivity index (χ0n) is 14.2. The molecule has 0 spiro atoms. The summed E-state index contributed by atoms with van der Waals surface area (Å²) in [5.41, 5.74) is 4.00. The Labute approximate surface area is 130 Å². The third kappa shape index (κ3) is 4.23. The van der Waals surface area contributed by atoms with E-state index in [1.54, 1.807) is 7.11 Å². The molecule has 0 saturated heterocycles. The average molecular weight is 289 g/mol. The Kier molecular flexibility index (Phi) is 6.10. The number of nitrogens with one attached hydrogen (secondary N) is 1. The standard InChI is InChI=1S/C19H31NO/c1-14-13-19(21-4)15(2)12-17(14)18(20-3)11-10-16-8-6-5-7-9-16/h12-13,16,18,20H,5-11H2,1-4H3. The van der Waals surface area contributed by atoms with E-state index >= 15 is 0 Å². The highest BCUT2D eigenvalue weighted by molar-refractivity contribution is 5.42. The van der Waals surface area contributed by atoms with Gasteiger partial charge >= 0.3 is 0 Å². The molecule has 1 unspecified atom stereocenters. The highest BCUT2D eigenvalue weighted by Crippen LogP contribution is 2.33. The van der Waals surface area contributed by atoms with Crippen LogP contribution in [0.1, 0.15) is 67.7 Å². The maximum atomic E-state index is 5.43. The molecule has 1 saturated carbocycles. The van der Waals surface area contributed by atoms with Crippen molar-refractivity contribution < 1.29 is 4.74 Å². The Bertz CT molecular complexity index is 449. The quantitative estimate of drug-likeness (QED) is 0.801. The van der Waals surface area contributed by atoms with Crippen molar-refractivity contribution in [1.82, 2.24) is 5.32 Å². The van der Waals surface area contributed by atoms with Crippen LogP contribution in [0.15, 0.2) is 12.1 Å². The Morgan fingerprint density at radius 1 is 1.14 bits per heavy atom. The largest absolute Gasteiger partial charge is 0.496 e. The third-order valence-corrected chi connectivity index (χ3v) is 5.10. The van der Waals surface area contributed by atoms with Gasteiger partial charge in [0.1, 0.15) is 5.75 Å². The van der Waals surface area contributed by atoms with E-state index in [0.717, 1.165) is 11.7 Å². The number of methoxy groups -OCH3 is 1. The first-order valence-corrected chi connectivity index (χ1v) is 8.48. The average Bonchev–Trinajstić information content (AvgIpc) is 2.51. The van der Waals surface area contributed by atoms with E-state index < -0.39 is 0 Å². The fourth-order valence-electron chi connectivity index (χ4n) is 3.74. The van der Waals surface area contributed by atoms with Gasteiger partial charge in [-0.2, -0.15) is 0 Å². The Morgan fingerprint density at radius 3 is 2.48 bits per heavy atom. The second-order valence-electron chi connectivity index (χ2n) is 6.60. The number of aryl methyl sites for hydroxylation is 2. The van der Waals surface area contributed by atoms with Crippen LogP contribution in [-0.4, -0.2) is 14.2 Å². The van der Waals surface area contributed by atoms with Crippen molar-refractivity contribution in [2.75, 3.05) is 14.2 Å². The summed E-state index contributed by atoms with van der Waals surface area (Å²) in [7, 11) is 3.84. The predicted octanol–water partition coefficient (Wildman–Crippen LogP) is 4.93. The van der Waals surface area contributed by atoms with Gasteiger partial charge in [-0.3, -0.25) is 0 Å². The zero-order valence-corrected chi connectivity index (χ0v) is 14.2. The van der Waals surface area contributed by atoms with E-state index in [1.165, 1.54) is 61.6 Å². The van der Waals surface area contributed by atoms with E-state index in [0.29, 0.717) is 6.04 Å². The predicted molar refractivity (Wildman–Crippen MR) is 90.1 cm³/mol. The fourth-order valence-corrected chi connectivity index (χ4v) is 3.74. The van der Waals surface area contributed by atoms with Crippen molar-refractivity contribution in [3.63, 3.8) is 0 Å². The van der Waals surface area contributed by atoms with Gasteiger partial charge < -0.3 is 10.1 Å². The van der Waals surface area contributed by atoms with Gasteiger partial charge in [0.2, 0.25) is 0 Å². The van der Waals surface area contributed by atoms with Crippen LogP contribution in [0.2, 0.25) is 0 Å². The molecule has 1 aliphatic carbocycles. The summed E-state index contributed by atoms with van der Waals surface area (Å²) in [4.78, 5) is 0. The highest BCUT2D eigenvalue weighted by atomic mass is 16.5.